The molecule has 4 aromatic carbocycles. The van der Waals surface area contributed by atoms with Gasteiger partial charge in [-0.3, -0.25) is 4.90 Å². The average Bonchev–Trinajstić information content (AvgIpc) is 3.31. The quantitative estimate of drug-likeness (QED) is 0.204. The summed E-state index contributed by atoms with van der Waals surface area (Å²) in [5.41, 5.74) is 4.22. The SMILES string of the molecule is CCCCn1c(CN(Cc2ccccc2F)Cc2cccc3ccccc23)cnc1-c1ccccc1. The van der Waals surface area contributed by atoms with Crippen LogP contribution in [0.4, 0.5) is 4.39 Å². The van der Waals surface area contributed by atoms with E-state index >= 15 is 0 Å². The fourth-order valence-corrected chi connectivity index (χ4v) is 4.86. The monoisotopic (exact) mass is 477 g/mol. The standard InChI is InChI=1S/C32H32FN3/c1-2-3-20-36-29(21-34-32(36)26-13-5-4-6-14-26)24-35(23-28-15-8-10-19-31(28)33)22-27-17-11-16-25-12-7-9-18-30(25)27/h4-19,21H,2-3,20,22-24H2,1H3. The molecule has 0 bridgehead atoms. The van der Waals surface area contributed by atoms with E-state index in [2.05, 4.69) is 83.1 Å². The molecule has 0 aliphatic rings. The molecular formula is C32H32FN3. The van der Waals surface area contributed by atoms with E-state index in [0.29, 0.717) is 18.7 Å². The van der Waals surface area contributed by atoms with E-state index in [1.807, 2.05) is 24.4 Å². The van der Waals surface area contributed by atoms with Crippen LogP contribution in [-0.4, -0.2) is 14.5 Å². The van der Waals surface area contributed by atoms with Crippen LogP contribution in [0.5, 0.6) is 0 Å². The molecule has 0 saturated carbocycles. The van der Waals surface area contributed by atoms with Crippen molar-refractivity contribution >= 4 is 10.8 Å². The summed E-state index contributed by atoms with van der Waals surface area (Å²) >= 11 is 0. The fraction of sp³-hybridized carbons (Fsp3) is 0.219. The average molecular weight is 478 g/mol. The van der Waals surface area contributed by atoms with Crippen molar-refractivity contribution in [1.82, 2.24) is 14.5 Å². The Hall–Kier alpha value is -3.76. The third-order valence-electron chi connectivity index (χ3n) is 6.72. The van der Waals surface area contributed by atoms with E-state index in [-0.39, 0.29) is 5.82 Å². The summed E-state index contributed by atoms with van der Waals surface area (Å²) in [5, 5.41) is 2.46. The van der Waals surface area contributed by atoms with Crippen LogP contribution in [0.1, 0.15) is 36.6 Å². The van der Waals surface area contributed by atoms with Crippen LogP contribution < -0.4 is 0 Å². The number of hydrogen-bond acceptors (Lipinski definition) is 2. The fourth-order valence-electron chi connectivity index (χ4n) is 4.86. The number of hydrogen-bond donors (Lipinski definition) is 0. The molecule has 0 atom stereocenters. The first-order chi connectivity index (χ1) is 17.7. The summed E-state index contributed by atoms with van der Waals surface area (Å²) in [7, 11) is 0. The Morgan fingerprint density at radius 2 is 1.44 bits per heavy atom. The minimum atomic E-state index is -0.162. The Balaban J connectivity index is 1.51. The zero-order chi connectivity index (χ0) is 24.7. The molecular weight excluding hydrogens is 445 g/mol. The van der Waals surface area contributed by atoms with Gasteiger partial charge in [-0.1, -0.05) is 104 Å². The van der Waals surface area contributed by atoms with Crippen LogP contribution in [0.25, 0.3) is 22.2 Å². The van der Waals surface area contributed by atoms with Gasteiger partial charge in [-0.05, 0) is 28.8 Å². The highest BCUT2D eigenvalue weighted by Crippen LogP contribution is 2.25. The molecule has 0 aliphatic carbocycles. The Morgan fingerprint density at radius 3 is 2.28 bits per heavy atom. The van der Waals surface area contributed by atoms with Crippen molar-refractivity contribution in [3.8, 4) is 11.4 Å². The lowest BCUT2D eigenvalue weighted by atomic mass is 10.0. The first-order valence-corrected chi connectivity index (χ1v) is 12.7. The minimum Gasteiger partial charge on any atom is -0.327 e. The summed E-state index contributed by atoms with van der Waals surface area (Å²) < 4.78 is 17.1. The summed E-state index contributed by atoms with van der Waals surface area (Å²) in [6, 6.07) is 32.4. The maximum Gasteiger partial charge on any atom is 0.140 e. The van der Waals surface area contributed by atoms with Crippen LogP contribution in [0.2, 0.25) is 0 Å². The molecule has 0 saturated heterocycles. The second-order valence-corrected chi connectivity index (χ2v) is 9.32. The number of unbranched alkanes of at least 4 members (excludes halogenated alkanes) is 1. The molecule has 5 rings (SSSR count). The first-order valence-electron chi connectivity index (χ1n) is 12.7. The number of benzene rings is 4. The number of rotatable bonds is 10. The molecule has 1 aromatic heterocycles. The van der Waals surface area contributed by atoms with Gasteiger partial charge in [0, 0.05) is 37.3 Å². The van der Waals surface area contributed by atoms with Crippen LogP contribution in [0, 0.1) is 5.82 Å². The van der Waals surface area contributed by atoms with Gasteiger partial charge in [-0.15, -0.1) is 0 Å². The van der Waals surface area contributed by atoms with Crippen LogP contribution in [0.3, 0.4) is 0 Å². The van der Waals surface area contributed by atoms with Gasteiger partial charge in [0.25, 0.3) is 0 Å². The van der Waals surface area contributed by atoms with E-state index in [9.17, 15) is 4.39 Å². The van der Waals surface area contributed by atoms with Gasteiger partial charge in [0.2, 0.25) is 0 Å². The Bertz CT molecular complexity index is 1420. The highest BCUT2D eigenvalue weighted by atomic mass is 19.1. The van der Waals surface area contributed by atoms with Gasteiger partial charge < -0.3 is 4.57 Å². The second kappa shape index (κ2) is 11.3. The van der Waals surface area contributed by atoms with Crippen LogP contribution >= 0.6 is 0 Å². The highest BCUT2D eigenvalue weighted by molar-refractivity contribution is 5.85. The van der Waals surface area contributed by atoms with Crippen molar-refractivity contribution in [2.75, 3.05) is 0 Å². The van der Waals surface area contributed by atoms with Crippen molar-refractivity contribution in [1.29, 1.82) is 0 Å². The number of imidazole rings is 1. The molecule has 0 radical (unpaired) electrons. The van der Waals surface area contributed by atoms with E-state index in [0.717, 1.165) is 43.0 Å². The summed E-state index contributed by atoms with van der Waals surface area (Å²) in [4.78, 5) is 7.16. The topological polar surface area (TPSA) is 21.1 Å². The van der Waals surface area contributed by atoms with Crippen LogP contribution in [0.15, 0.2) is 103 Å². The number of nitrogens with zero attached hydrogens (tertiary/aromatic N) is 3. The van der Waals surface area contributed by atoms with Crippen molar-refractivity contribution in [2.45, 2.75) is 45.9 Å². The highest BCUT2D eigenvalue weighted by Gasteiger charge is 2.17. The Kier molecular flexibility index (Phi) is 7.53. The van der Waals surface area contributed by atoms with E-state index in [1.54, 1.807) is 12.1 Å². The Labute approximate surface area is 212 Å². The molecule has 0 aliphatic heterocycles. The second-order valence-electron chi connectivity index (χ2n) is 9.32. The van der Waals surface area contributed by atoms with Crippen molar-refractivity contribution in [2.24, 2.45) is 0 Å². The molecule has 182 valence electrons. The van der Waals surface area contributed by atoms with Gasteiger partial charge in [-0.25, -0.2) is 9.37 Å². The molecule has 36 heavy (non-hydrogen) atoms. The lowest BCUT2D eigenvalue weighted by Crippen LogP contribution is -2.25. The zero-order valence-corrected chi connectivity index (χ0v) is 20.8. The van der Waals surface area contributed by atoms with E-state index in [4.69, 9.17) is 4.98 Å². The largest absolute Gasteiger partial charge is 0.327 e. The Morgan fingerprint density at radius 1 is 0.750 bits per heavy atom. The third-order valence-corrected chi connectivity index (χ3v) is 6.72. The molecule has 3 nitrogen and oxygen atoms in total. The molecule has 0 amide bonds. The van der Waals surface area contributed by atoms with Gasteiger partial charge in [0.1, 0.15) is 11.6 Å². The number of halogens is 1. The minimum absolute atomic E-state index is 0.162. The van der Waals surface area contributed by atoms with Crippen molar-refractivity contribution in [3.63, 3.8) is 0 Å². The summed E-state index contributed by atoms with van der Waals surface area (Å²) in [6.07, 6.45) is 4.19. The molecule has 0 fully saturated rings. The maximum atomic E-state index is 14.7. The molecule has 4 heteroatoms. The normalized spacial score (nSPS) is 11.4. The van der Waals surface area contributed by atoms with Gasteiger partial charge in [0.15, 0.2) is 0 Å². The summed E-state index contributed by atoms with van der Waals surface area (Å²) in [6.45, 7) is 5.05. The van der Waals surface area contributed by atoms with Crippen molar-refractivity contribution in [3.05, 3.63) is 126 Å². The third kappa shape index (κ3) is 5.39. The van der Waals surface area contributed by atoms with Gasteiger partial charge in [-0.2, -0.15) is 0 Å². The predicted molar refractivity (Wildman–Crippen MR) is 146 cm³/mol. The summed E-state index contributed by atoms with van der Waals surface area (Å²) in [5.74, 6) is 0.833. The molecule has 5 aromatic rings. The smallest absolute Gasteiger partial charge is 0.140 e. The van der Waals surface area contributed by atoms with Gasteiger partial charge >= 0.3 is 0 Å². The van der Waals surface area contributed by atoms with Gasteiger partial charge in [0.05, 0.1) is 11.9 Å². The number of aromatic nitrogens is 2. The predicted octanol–water partition coefficient (Wildman–Crippen LogP) is 7.84. The number of fused-ring (bicyclic) bond motifs is 1. The van der Waals surface area contributed by atoms with E-state index < -0.39 is 0 Å². The lowest BCUT2D eigenvalue weighted by molar-refractivity contribution is 0.238. The first kappa shape index (κ1) is 24.0. The maximum absolute atomic E-state index is 14.7. The molecule has 0 unspecified atom stereocenters. The van der Waals surface area contributed by atoms with Crippen molar-refractivity contribution < 1.29 is 4.39 Å². The zero-order valence-electron chi connectivity index (χ0n) is 20.8. The van der Waals surface area contributed by atoms with E-state index in [1.165, 1.54) is 16.3 Å². The molecule has 0 spiro atoms. The molecule has 1 heterocycles. The van der Waals surface area contributed by atoms with Crippen LogP contribution in [-0.2, 0) is 26.2 Å². The lowest BCUT2D eigenvalue weighted by Gasteiger charge is -2.24. The molecule has 0 N–H and O–H groups in total.